The van der Waals surface area contributed by atoms with E-state index in [4.69, 9.17) is 5.73 Å². The summed E-state index contributed by atoms with van der Waals surface area (Å²) in [6, 6.07) is 10.3. The van der Waals surface area contributed by atoms with E-state index in [1.54, 1.807) is 0 Å². The van der Waals surface area contributed by atoms with Gasteiger partial charge in [0.25, 0.3) is 0 Å². The Balaban J connectivity index is 2.30. The summed E-state index contributed by atoms with van der Waals surface area (Å²) in [6.07, 6.45) is 3.49. The molecule has 100 valence electrons. The normalized spacial score (nSPS) is 10.3. The molecule has 18 heavy (non-hydrogen) atoms. The summed E-state index contributed by atoms with van der Waals surface area (Å²) in [4.78, 5) is 13.9. The average Bonchev–Trinajstić information content (AvgIpc) is 2.39. The Morgan fingerprint density at radius 2 is 1.94 bits per heavy atom. The SMILES string of the molecule is CCCN(CCN)C(=O)CCCc1ccccc1. The Kier molecular flexibility index (Phi) is 7.11. The van der Waals surface area contributed by atoms with E-state index >= 15 is 0 Å². The standard InChI is InChI=1S/C15H24N2O/c1-2-12-17(13-11-16)15(18)10-6-9-14-7-4-3-5-8-14/h3-5,7-8H,2,6,9-13,16H2,1H3. The molecule has 0 bridgehead atoms. The van der Waals surface area contributed by atoms with Gasteiger partial charge in [-0.1, -0.05) is 37.3 Å². The number of nitrogens with zero attached hydrogens (tertiary/aromatic N) is 1. The van der Waals surface area contributed by atoms with Crippen LogP contribution in [0.15, 0.2) is 30.3 Å². The van der Waals surface area contributed by atoms with Gasteiger partial charge in [-0.2, -0.15) is 0 Å². The van der Waals surface area contributed by atoms with Gasteiger partial charge in [0.2, 0.25) is 5.91 Å². The Morgan fingerprint density at radius 3 is 2.56 bits per heavy atom. The highest BCUT2D eigenvalue weighted by atomic mass is 16.2. The van der Waals surface area contributed by atoms with Gasteiger partial charge in [-0.25, -0.2) is 0 Å². The van der Waals surface area contributed by atoms with Crippen LogP contribution < -0.4 is 5.73 Å². The molecule has 0 aromatic heterocycles. The number of carbonyl (C=O) groups is 1. The van der Waals surface area contributed by atoms with Crippen molar-refractivity contribution in [3.8, 4) is 0 Å². The van der Waals surface area contributed by atoms with Gasteiger partial charge in [-0.05, 0) is 24.8 Å². The van der Waals surface area contributed by atoms with Crippen LogP contribution in [0.3, 0.4) is 0 Å². The van der Waals surface area contributed by atoms with E-state index in [0.717, 1.165) is 25.8 Å². The molecule has 0 unspecified atom stereocenters. The second-order valence-corrected chi connectivity index (χ2v) is 4.51. The molecule has 1 aromatic carbocycles. The summed E-state index contributed by atoms with van der Waals surface area (Å²) < 4.78 is 0. The summed E-state index contributed by atoms with van der Waals surface area (Å²) in [7, 11) is 0. The smallest absolute Gasteiger partial charge is 0.222 e. The monoisotopic (exact) mass is 248 g/mol. The van der Waals surface area contributed by atoms with E-state index in [-0.39, 0.29) is 5.91 Å². The molecular formula is C15H24N2O. The maximum Gasteiger partial charge on any atom is 0.222 e. The van der Waals surface area contributed by atoms with Gasteiger partial charge in [0.15, 0.2) is 0 Å². The molecule has 0 atom stereocenters. The number of amides is 1. The minimum atomic E-state index is 0.234. The second kappa shape index (κ2) is 8.70. The van der Waals surface area contributed by atoms with Gasteiger partial charge in [0, 0.05) is 26.1 Å². The van der Waals surface area contributed by atoms with E-state index in [1.165, 1.54) is 5.56 Å². The van der Waals surface area contributed by atoms with Crippen molar-refractivity contribution in [1.82, 2.24) is 4.90 Å². The fraction of sp³-hybridized carbons (Fsp3) is 0.533. The molecular weight excluding hydrogens is 224 g/mol. The predicted molar refractivity (Wildman–Crippen MR) is 75.3 cm³/mol. The Hall–Kier alpha value is -1.35. The van der Waals surface area contributed by atoms with E-state index < -0.39 is 0 Å². The number of carbonyl (C=O) groups excluding carboxylic acids is 1. The number of benzene rings is 1. The highest BCUT2D eigenvalue weighted by Crippen LogP contribution is 2.06. The van der Waals surface area contributed by atoms with Crippen molar-refractivity contribution in [2.45, 2.75) is 32.6 Å². The van der Waals surface area contributed by atoms with Gasteiger partial charge in [-0.3, -0.25) is 4.79 Å². The quantitative estimate of drug-likeness (QED) is 0.766. The zero-order valence-electron chi connectivity index (χ0n) is 11.3. The summed E-state index contributed by atoms with van der Waals surface area (Å²) in [5.74, 6) is 0.234. The van der Waals surface area contributed by atoms with Gasteiger partial charge in [0.1, 0.15) is 0 Å². The zero-order valence-corrected chi connectivity index (χ0v) is 11.3. The lowest BCUT2D eigenvalue weighted by Crippen LogP contribution is -2.35. The van der Waals surface area contributed by atoms with Crippen molar-refractivity contribution in [3.05, 3.63) is 35.9 Å². The Labute approximate surface area is 110 Å². The summed E-state index contributed by atoms with van der Waals surface area (Å²) in [5, 5.41) is 0. The number of aryl methyl sites for hydroxylation is 1. The third-order valence-corrected chi connectivity index (χ3v) is 2.94. The first-order valence-corrected chi connectivity index (χ1v) is 6.79. The molecule has 0 radical (unpaired) electrons. The minimum absolute atomic E-state index is 0.234. The van der Waals surface area contributed by atoms with E-state index in [9.17, 15) is 4.79 Å². The number of rotatable bonds is 8. The van der Waals surface area contributed by atoms with E-state index in [0.29, 0.717) is 19.5 Å². The average molecular weight is 248 g/mol. The van der Waals surface area contributed by atoms with Crippen molar-refractivity contribution < 1.29 is 4.79 Å². The highest BCUT2D eigenvalue weighted by molar-refractivity contribution is 5.76. The van der Waals surface area contributed by atoms with Crippen LogP contribution in [0.5, 0.6) is 0 Å². The fourth-order valence-electron chi connectivity index (χ4n) is 2.03. The van der Waals surface area contributed by atoms with Crippen molar-refractivity contribution in [2.75, 3.05) is 19.6 Å². The molecule has 0 saturated heterocycles. The number of hydrogen-bond donors (Lipinski definition) is 1. The highest BCUT2D eigenvalue weighted by Gasteiger charge is 2.10. The molecule has 0 aliphatic heterocycles. The molecule has 1 rings (SSSR count). The van der Waals surface area contributed by atoms with E-state index in [2.05, 4.69) is 19.1 Å². The van der Waals surface area contributed by atoms with Gasteiger partial charge in [-0.15, -0.1) is 0 Å². The van der Waals surface area contributed by atoms with Crippen LogP contribution in [0, 0.1) is 0 Å². The summed E-state index contributed by atoms with van der Waals surface area (Å²) >= 11 is 0. The largest absolute Gasteiger partial charge is 0.341 e. The molecule has 3 heteroatoms. The third kappa shape index (κ3) is 5.32. The molecule has 1 amide bonds. The van der Waals surface area contributed by atoms with E-state index in [1.807, 2.05) is 23.1 Å². The summed E-state index contributed by atoms with van der Waals surface area (Å²) in [6.45, 7) is 4.13. The minimum Gasteiger partial charge on any atom is -0.341 e. The van der Waals surface area contributed by atoms with Crippen LogP contribution in [-0.4, -0.2) is 30.4 Å². The van der Waals surface area contributed by atoms with Gasteiger partial charge in [0.05, 0.1) is 0 Å². The maximum atomic E-state index is 12.0. The van der Waals surface area contributed by atoms with Crippen molar-refractivity contribution in [3.63, 3.8) is 0 Å². The first-order chi connectivity index (χ1) is 8.77. The maximum absolute atomic E-state index is 12.0. The molecule has 2 N–H and O–H groups in total. The molecule has 0 heterocycles. The molecule has 0 aliphatic carbocycles. The predicted octanol–water partition coefficient (Wildman–Crippen LogP) is 2.21. The number of nitrogens with two attached hydrogens (primary N) is 1. The topological polar surface area (TPSA) is 46.3 Å². The van der Waals surface area contributed by atoms with Crippen LogP contribution in [0.4, 0.5) is 0 Å². The van der Waals surface area contributed by atoms with Gasteiger partial charge >= 0.3 is 0 Å². The summed E-state index contributed by atoms with van der Waals surface area (Å²) in [5.41, 5.74) is 6.82. The van der Waals surface area contributed by atoms with Crippen molar-refractivity contribution in [1.29, 1.82) is 0 Å². The molecule has 0 aliphatic rings. The van der Waals surface area contributed by atoms with Crippen molar-refractivity contribution >= 4 is 5.91 Å². The third-order valence-electron chi connectivity index (χ3n) is 2.94. The van der Waals surface area contributed by atoms with Crippen LogP contribution in [-0.2, 0) is 11.2 Å². The lowest BCUT2D eigenvalue weighted by atomic mass is 10.1. The molecule has 0 spiro atoms. The molecule has 3 nitrogen and oxygen atoms in total. The zero-order chi connectivity index (χ0) is 13.2. The molecule has 0 saturated carbocycles. The van der Waals surface area contributed by atoms with Crippen LogP contribution in [0.2, 0.25) is 0 Å². The Morgan fingerprint density at radius 1 is 1.22 bits per heavy atom. The fourth-order valence-corrected chi connectivity index (χ4v) is 2.03. The second-order valence-electron chi connectivity index (χ2n) is 4.51. The first kappa shape index (κ1) is 14.7. The Bertz CT molecular complexity index is 332. The lowest BCUT2D eigenvalue weighted by molar-refractivity contribution is -0.131. The molecule has 1 aromatic rings. The lowest BCUT2D eigenvalue weighted by Gasteiger charge is -2.21. The van der Waals surface area contributed by atoms with Crippen LogP contribution in [0.1, 0.15) is 31.7 Å². The van der Waals surface area contributed by atoms with Crippen molar-refractivity contribution in [2.24, 2.45) is 5.73 Å². The van der Waals surface area contributed by atoms with Crippen LogP contribution >= 0.6 is 0 Å². The first-order valence-electron chi connectivity index (χ1n) is 6.79. The van der Waals surface area contributed by atoms with Gasteiger partial charge < -0.3 is 10.6 Å². The van der Waals surface area contributed by atoms with Crippen LogP contribution in [0.25, 0.3) is 0 Å². The molecule has 0 fully saturated rings. The number of hydrogen-bond acceptors (Lipinski definition) is 2.